The van der Waals surface area contributed by atoms with E-state index in [0.717, 1.165) is 29.2 Å². The second-order valence-corrected chi connectivity index (χ2v) is 4.48. The summed E-state index contributed by atoms with van der Waals surface area (Å²) >= 11 is 0. The number of β-amino-alcohol motifs (C(OH)–C–C–N with tert-alkyl or cyclic N) is 1. The van der Waals surface area contributed by atoms with Gasteiger partial charge in [0.15, 0.2) is 0 Å². The van der Waals surface area contributed by atoms with E-state index in [1.165, 1.54) is 0 Å². The van der Waals surface area contributed by atoms with Crippen molar-refractivity contribution in [1.29, 1.82) is 0 Å². The number of nitrogens with one attached hydrogen (secondary N) is 1. The lowest BCUT2D eigenvalue weighted by atomic mass is 9.91. The van der Waals surface area contributed by atoms with Crippen molar-refractivity contribution < 1.29 is 14.6 Å². The molecule has 1 fully saturated rings. The van der Waals surface area contributed by atoms with Crippen LogP contribution in [0.5, 0.6) is 11.5 Å². The maximum Gasteiger partial charge on any atom is 0.125 e. The maximum absolute atomic E-state index is 10.6. The Hall–Kier alpha value is -1.26. The van der Waals surface area contributed by atoms with Crippen LogP contribution in [0.3, 0.4) is 0 Å². The highest BCUT2D eigenvalue weighted by atomic mass is 16.5. The third-order valence-corrected chi connectivity index (χ3v) is 3.35. The maximum atomic E-state index is 10.6. The smallest absolute Gasteiger partial charge is 0.125 e. The molecule has 1 unspecified atom stereocenters. The topological polar surface area (TPSA) is 50.7 Å². The first-order chi connectivity index (χ1) is 8.10. The Labute approximate surface area is 102 Å². The average Bonchev–Trinajstić information content (AvgIpc) is 2.76. The molecule has 0 bridgehead atoms. The molecule has 0 aliphatic carbocycles. The van der Waals surface area contributed by atoms with Gasteiger partial charge in [0, 0.05) is 12.1 Å². The molecule has 94 valence electrons. The van der Waals surface area contributed by atoms with Gasteiger partial charge < -0.3 is 19.9 Å². The number of aliphatic hydroxyl groups is 1. The molecule has 1 aliphatic heterocycles. The molecule has 0 aromatic heterocycles. The number of ether oxygens (including phenoxy) is 2. The molecule has 0 saturated carbocycles. The van der Waals surface area contributed by atoms with Crippen LogP contribution in [0.15, 0.2) is 12.1 Å². The highest BCUT2D eigenvalue weighted by Crippen LogP contribution is 2.38. The van der Waals surface area contributed by atoms with Gasteiger partial charge in [-0.2, -0.15) is 0 Å². The van der Waals surface area contributed by atoms with Gasteiger partial charge in [-0.15, -0.1) is 0 Å². The van der Waals surface area contributed by atoms with E-state index in [-0.39, 0.29) is 0 Å². The van der Waals surface area contributed by atoms with E-state index in [1.807, 2.05) is 19.1 Å². The van der Waals surface area contributed by atoms with E-state index in [2.05, 4.69) is 5.32 Å². The molecule has 1 heterocycles. The summed E-state index contributed by atoms with van der Waals surface area (Å²) < 4.78 is 10.7. The number of rotatable bonds is 3. The predicted molar refractivity (Wildman–Crippen MR) is 65.7 cm³/mol. The standard InChI is InChI=1S/C13H19NO3/c1-9-6-12(17-3)10(7-11(9)16-2)13(15)4-5-14-8-13/h6-7,14-15H,4-5,8H2,1-3H3. The Balaban J connectivity index is 2.50. The minimum Gasteiger partial charge on any atom is -0.496 e. The zero-order valence-corrected chi connectivity index (χ0v) is 10.5. The summed E-state index contributed by atoms with van der Waals surface area (Å²) in [6, 6.07) is 3.78. The molecular weight excluding hydrogens is 218 g/mol. The summed E-state index contributed by atoms with van der Waals surface area (Å²) in [5.41, 5.74) is 0.946. The zero-order valence-electron chi connectivity index (χ0n) is 10.5. The van der Waals surface area contributed by atoms with Gasteiger partial charge in [-0.3, -0.25) is 0 Å². The lowest BCUT2D eigenvalue weighted by molar-refractivity contribution is 0.0558. The first-order valence-electron chi connectivity index (χ1n) is 5.77. The van der Waals surface area contributed by atoms with Gasteiger partial charge in [-0.05, 0) is 37.6 Å². The number of hydrogen-bond donors (Lipinski definition) is 2. The van der Waals surface area contributed by atoms with E-state index in [4.69, 9.17) is 9.47 Å². The van der Waals surface area contributed by atoms with Crippen LogP contribution in [0.25, 0.3) is 0 Å². The molecule has 1 atom stereocenters. The molecule has 1 saturated heterocycles. The number of hydrogen-bond acceptors (Lipinski definition) is 4. The van der Waals surface area contributed by atoms with Crippen molar-refractivity contribution in [2.24, 2.45) is 0 Å². The molecule has 1 aromatic rings. The summed E-state index contributed by atoms with van der Waals surface area (Å²) in [6.45, 7) is 3.33. The van der Waals surface area contributed by atoms with Crippen LogP contribution < -0.4 is 14.8 Å². The van der Waals surface area contributed by atoms with Crippen LogP contribution in [0.1, 0.15) is 17.5 Å². The number of benzene rings is 1. The summed E-state index contributed by atoms with van der Waals surface area (Å²) in [4.78, 5) is 0. The monoisotopic (exact) mass is 237 g/mol. The summed E-state index contributed by atoms with van der Waals surface area (Å²) in [5.74, 6) is 1.50. The zero-order chi connectivity index (χ0) is 12.5. The van der Waals surface area contributed by atoms with Gasteiger partial charge in [0.2, 0.25) is 0 Å². The molecule has 2 rings (SSSR count). The SMILES string of the molecule is COc1cc(C2(O)CCNC2)c(OC)cc1C. The van der Waals surface area contributed by atoms with Crippen molar-refractivity contribution in [2.75, 3.05) is 27.3 Å². The van der Waals surface area contributed by atoms with Gasteiger partial charge in [-0.1, -0.05) is 0 Å². The lowest BCUT2D eigenvalue weighted by Crippen LogP contribution is -2.29. The molecule has 4 nitrogen and oxygen atoms in total. The minimum atomic E-state index is -0.855. The molecule has 1 aliphatic rings. The largest absolute Gasteiger partial charge is 0.496 e. The predicted octanol–water partition coefficient (Wildman–Crippen LogP) is 1.19. The van der Waals surface area contributed by atoms with E-state index < -0.39 is 5.60 Å². The Kier molecular flexibility index (Phi) is 3.26. The number of methoxy groups -OCH3 is 2. The van der Waals surface area contributed by atoms with Gasteiger partial charge >= 0.3 is 0 Å². The fraction of sp³-hybridized carbons (Fsp3) is 0.538. The van der Waals surface area contributed by atoms with Gasteiger partial charge in [0.1, 0.15) is 17.1 Å². The normalized spacial score (nSPS) is 23.8. The van der Waals surface area contributed by atoms with Crippen molar-refractivity contribution >= 4 is 0 Å². The molecule has 17 heavy (non-hydrogen) atoms. The first kappa shape index (κ1) is 12.2. The number of aryl methyl sites for hydroxylation is 1. The van der Waals surface area contributed by atoms with Crippen LogP contribution in [0.2, 0.25) is 0 Å². The summed E-state index contributed by atoms with van der Waals surface area (Å²) in [7, 11) is 3.26. The Morgan fingerprint density at radius 3 is 2.47 bits per heavy atom. The van der Waals surface area contributed by atoms with Crippen molar-refractivity contribution in [3.8, 4) is 11.5 Å². The molecule has 2 N–H and O–H groups in total. The molecule has 0 radical (unpaired) electrons. The molecule has 0 amide bonds. The fourth-order valence-electron chi connectivity index (χ4n) is 2.32. The molecule has 0 spiro atoms. The Morgan fingerprint density at radius 1 is 1.24 bits per heavy atom. The van der Waals surface area contributed by atoms with E-state index in [1.54, 1.807) is 14.2 Å². The van der Waals surface area contributed by atoms with Crippen molar-refractivity contribution in [3.63, 3.8) is 0 Å². The second kappa shape index (κ2) is 4.55. The average molecular weight is 237 g/mol. The molecule has 1 aromatic carbocycles. The van der Waals surface area contributed by atoms with Gasteiger partial charge in [0.05, 0.1) is 14.2 Å². The fourth-order valence-corrected chi connectivity index (χ4v) is 2.32. The van der Waals surface area contributed by atoms with Gasteiger partial charge in [0.25, 0.3) is 0 Å². The Bertz CT molecular complexity index is 411. The first-order valence-corrected chi connectivity index (χ1v) is 5.77. The lowest BCUT2D eigenvalue weighted by Gasteiger charge is -2.25. The second-order valence-electron chi connectivity index (χ2n) is 4.48. The highest BCUT2D eigenvalue weighted by Gasteiger charge is 2.36. The summed E-state index contributed by atoms with van der Waals surface area (Å²) in [6.07, 6.45) is 0.690. The van der Waals surface area contributed by atoms with Gasteiger partial charge in [-0.25, -0.2) is 0 Å². The molecular formula is C13H19NO3. The van der Waals surface area contributed by atoms with Crippen LogP contribution in [-0.2, 0) is 5.60 Å². The van der Waals surface area contributed by atoms with E-state index in [0.29, 0.717) is 13.0 Å². The Morgan fingerprint density at radius 2 is 1.94 bits per heavy atom. The highest BCUT2D eigenvalue weighted by molar-refractivity contribution is 5.49. The van der Waals surface area contributed by atoms with Crippen molar-refractivity contribution in [2.45, 2.75) is 18.9 Å². The quantitative estimate of drug-likeness (QED) is 0.829. The van der Waals surface area contributed by atoms with Crippen molar-refractivity contribution in [3.05, 3.63) is 23.3 Å². The third-order valence-electron chi connectivity index (χ3n) is 3.35. The van der Waals surface area contributed by atoms with Crippen LogP contribution >= 0.6 is 0 Å². The third kappa shape index (κ3) is 2.10. The molecule has 4 heteroatoms. The van der Waals surface area contributed by atoms with E-state index >= 15 is 0 Å². The summed E-state index contributed by atoms with van der Waals surface area (Å²) in [5, 5.41) is 13.8. The van der Waals surface area contributed by atoms with Crippen molar-refractivity contribution in [1.82, 2.24) is 5.32 Å². The van der Waals surface area contributed by atoms with Crippen LogP contribution in [-0.4, -0.2) is 32.4 Å². The van der Waals surface area contributed by atoms with Crippen LogP contribution in [0, 0.1) is 6.92 Å². The van der Waals surface area contributed by atoms with Crippen LogP contribution in [0.4, 0.5) is 0 Å². The minimum absolute atomic E-state index is 0.551. The van der Waals surface area contributed by atoms with E-state index in [9.17, 15) is 5.11 Å².